The van der Waals surface area contributed by atoms with Crippen molar-refractivity contribution >= 4 is 5.69 Å². The van der Waals surface area contributed by atoms with Crippen LogP contribution in [0.5, 0.6) is 5.75 Å². The molecule has 0 aromatic heterocycles. The summed E-state index contributed by atoms with van der Waals surface area (Å²) >= 11 is 0. The van der Waals surface area contributed by atoms with Crippen LogP contribution < -0.4 is 10.1 Å². The number of rotatable bonds is 8. The van der Waals surface area contributed by atoms with E-state index in [0.717, 1.165) is 17.9 Å². The van der Waals surface area contributed by atoms with Crippen molar-refractivity contribution < 1.29 is 9.47 Å². The average molecular weight is 265 g/mol. The van der Waals surface area contributed by atoms with Gasteiger partial charge in [0.2, 0.25) is 0 Å². The number of benzene rings is 1. The van der Waals surface area contributed by atoms with Gasteiger partial charge in [-0.2, -0.15) is 0 Å². The summed E-state index contributed by atoms with van der Waals surface area (Å²) in [4.78, 5) is 0. The number of anilines is 1. The van der Waals surface area contributed by atoms with Crippen molar-refractivity contribution in [3.63, 3.8) is 0 Å². The molecular weight excluding hydrogens is 238 g/mol. The Labute approximate surface area is 117 Å². The molecule has 0 fully saturated rings. The molecule has 19 heavy (non-hydrogen) atoms. The minimum atomic E-state index is 0.465. The minimum Gasteiger partial charge on any atom is -0.489 e. The molecule has 0 aliphatic heterocycles. The quantitative estimate of drug-likeness (QED) is 0.724. The number of nitrogens with one attached hydrogen (secondary N) is 1. The number of ether oxygens (including phenoxy) is 2. The van der Waals surface area contributed by atoms with Crippen molar-refractivity contribution in [3.8, 4) is 5.75 Å². The van der Waals surface area contributed by atoms with Crippen LogP contribution in [-0.2, 0) is 4.74 Å². The van der Waals surface area contributed by atoms with Crippen LogP contribution in [0, 0.1) is 12.8 Å². The smallest absolute Gasteiger partial charge is 0.142 e. The maximum absolute atomic E-state index is 5.80. The molecule has 1 rings (SSSR count). The van der Waals surface area contributed by atoms with E-state index in [2.05, 4.69) is 51.2 Å². The van der Waals surface area contributed by atoms with Crippen LogP contribution in [0.25, 0.3) is 0 Å². The lowest BCUT2D eigenvalue weighted by molar-refractivity contribution is 0.146. The molecule has 3 nitrogen and oxygen atoms in total. The van der Waals surface area contributed by atoms with E-state index in [0.29, 0.717) is 25.2 Å². The predicted octanol–water partition coefficient (Wildman–Crippen LogP) is 3.87. The maximum Gasteiger partial charge on any atom is 0.142 e. The van der Waals surface area contributed by atoms with Gasteiger partial charge >= 0.3 is 0 Å². The Morgan fingerprint density at radius 2 is 1.95 bits per heavy atom. The van der Waals surface area contributed by atoms with Crippen LogP contribution in [0.2, 0.25) is 0 Å². The summed E-state index contributed by atoms with van der Waals surface area (Å²) in [5.41, 5.74) is 2.28. The topological polar surface area (TPSA) is 30.5 Å². The van der Waals surface area contributed by atoms with Gasteiger partial charge < -0.3 is 14.8 Å². The maximum atomic E-state index is 5.80. The molecule has 1 unspecified atom stereocenters. The Hall–Kier alpha value is -1.22. The van der Waals surface area contributed by atoms with Crippen molar-refractivity contribution in [1.82, 2.24) is 0 Å². The molecule has 0 saturated carbocycles. The molecule has 108 valence electrons. The molecule has 1 aromatic rings. The summed E-state index contributed by atoms with van der Waals surface area (Å²) < 4.78 is 10.8. The Balaban J connectivity index is 2.80. The second-order valence-corrected chi connectivity index (χ2v) is 5.24. The molecule has 0 spiro atoms. The van der Waals surface area contributed by atoms with Crippen molar-refractivity contribution in [2.24, 2.45) is 5.92 Å². The summed E-state index contributed by atoms with van der Waals surface area (Å²) in [5.74, 6) is 1.51. The lowest BCUT2D eigenvalue weighted by Crippen LogP contribution is -2.25. The lowest BCUT2D eigenvalue weighted by atomic mass is 10.0. The first-order valence-corrected chi connectivity index (χ1v) is 7.07. The zero-order valence-corrected chi connectivity index (χ0v) is 12.8. The van der Waals surface area contributed by atoms with Crippen LogP contribution in [0.3, 0.4) is 0 Å². The minimum absolute atomic E-state index is 0.465. The number of methoxy groups -OCH3 is 1. The lowest BCUT2D eigenvalue weighted by Gasteiger charge is -2.24. The van der Waals surface area contributed by atoms with E-state index in [9.17, 15) is 0 Å². The largest absolute Gasteiger partial charge is 0.489 e. The molecule has 0 aliphatic carbocycles. The van der Waals surface area contributed by atoms with Gasteiger partial charge in [-0.15, -0.1) is 0 Å². The fourth-order valence-corrected chi connectivity index (χ4v) is 2.04. The van der Waals surface area contributed by atoms with E-state index < -0.39 is 0 Å². The Morgan fingerprint density at radius 1 is 1.21 bits per heavy atom. The molecule has 1 atom stereocenters. The molecular formula is C16H27NO2. The van der Waals surface area contributed by atoms with E-state index in [-0.39, 0.29) is 0 Å². The van der Waals surface area contributed by atoms with Gasteiger partial charge in [-0.1, -0.05) is 26.8 Å². The van der Waals surface area contributed by atoms with Crippen molar-refractivity contribution in [1.29, 1.82) is 0 Å². The number of hydrogen-bond acceptors (Lipinski definition) is 3. The first-order valence-electron chi connectivity index (χ1n) is 7.07. The molecule has 0 amide bonds. The second-order valence-electron chi connectivity index (χ2n) is 5.24. The number of aryl methyl sites for hydroxylation is 1. The fraction of sp³-hybridized carbons (Fsp3) is 0.625. The highest BCUT2D eigenvalue weighted by Gasteiger charge is 2.13. The zero-order chi connectivity index (χ0) is 14.3. The van der Waals surface area contributed by atoms with E-state index in [1.54, 1.807) is 7.11 Å². The molecule has 3 heteroatoms. The number of hydrogen-bond donors (Lipinski definition) is 1. The fourth-order valence-electron chi connectivity index (χ4n) is 2.04. The molecule has 0 aliphatic rings. The average Bonchev–Trinajstić information content (AvgIpc) is 2.37. The van der Waals surface area contributed by atoms with E-state index in [1.807, 2.05) is 0 Å². The Bertz CT molecular complexity index is 377. The van der Waals surface area contributed by atoms with Gasteiger partial charge in [0.25, 0.3) is 0 Å². The second kappa shape index (κ2) is 8.05. The van der Waals surface area contributed by atoms with E-state index in [1.165, 1.54) is 5.56 Å². The highest BCUT2D eigenvalue weighted by Crippen LogP contribution is 2.28. The molecule has 0 saturated heterocycles. The van der Waals surface area contributed by atoms with Gasteiger partial charge in [-0.05, 0) is 37.0 Å². The van der Waals surface area contributed by atoms with Gasteiger partial charge in [0.05, 0.1) is 12.3 Å². The third-order valence-electron chi connectivity index (χ3n) is 3.27. The normalized spacial score (nSPS) is 12.5. The SMILES string of the molecule is CCC(Nc1ccc(C)cc1OCCOC)C(C)C. The van der Waals surface area contributed by atoms with Crippen LogP contribution in [0.15, 0.2) is 18.2 Å². The molecule has 0 radical (unpaired) electrons. The predicted molar refractivity (Wildman–Crippen MR) is 81.1 cm³/mol. The summed E-state index contributed by atoms with van der Waals surface area (Å²) in [6.45, 7) is 9.94. The summed E-state index contributed by atoms with van der Waals surface area (Å²) in [6.07, 6.45) is 1.10. The summed E-state index contributed by atoms with van der Waals surface area (Å²) in [5, 5.41) is 3.59. The zero-order valence-electron chi connectivity index (χ0n) is 12.8. The van der Waals surface area contributed by atoms with Crippen LogP contribution in [0.1, 0.15) is 32.8 Å². The van der Waals surface area contributed by atoms with Gasteiger partial charge in [-0.3, -0.25) is 0 Å². The Morgan fingerprint density at radius 3 is 2.53 bits per heavy atom. The van der Waals surface area contributed by atoms with E-state index >= 15 is 0 Å². The van der Waals surface area contributed by atoms with E-state index in [4.69, 9.17) is 9.47 Å². The molecule has 0 heterocycles. The Kier molecular flexibility index (Phi) is 6.71. The highest BCUT2D eigenvalue weighted by atomic mass is 16.5. The first kappa shape index (κ1) is 15.8. The molecule has 1 N–H and O–H groups in total. The highest BCUT2D eigenvalue weighted by molar-refractivity contribution is 5.58. The van der Waals surface area contributed by atoms with Crippen LogP contribution in [-0.4, -0.2) is 26.4 Å². The van der Waals surface area contributed by atoms with Crippen LogP contribution >= 0.6 is 0 Å². The van der Waals surface area contributed by atoms with Crippen molar-refractivity contribution in [2.75, 3.05) is 25.6 Å². The van der Waals surface area contributed by atoms with Crippen LogP contribution in [0.4, 0.5) is 5.69 Å². The van der Waals surface area contributed by atoms with Crippen molar-refractivity contribution in [2.45, 2.75) is 40.2 Å². The monoisotopic (exact) mass is 265 g/mol. The molecule has 0 bridgehead atoms. The van der Waals surface area contributed by atoms with Gasteiger partial charge in [-0.25, -0.2) is 0 Å². The molecule has 1 aromatic carbocycles. The van der Waals surface area contributed by atoms with Gasteiger partial charge in [0.1, 0.15) is 12.4 Å². The van der Waals surface area contributed by atoms with Gasteiger partial charge in [0, 0.05) is 13.2 Å². The summed E-state index contributed by atoms with van der Waals surface area (Å²) in [6, 6.07) is 6.75. The third kappa shape index (κ3) is 5.11. The van der Waals surface area contributed by atoms with Gasteiger partial charge in [0.15, 0.2) is 0 Å². The third-order valence-corrected chi connectivity index (χ3v) is 3.27. The van der Waals surface area contributed by atoms with Crippen molar-refractivity contribution in [3.05, 3.63) is 23.8 Å². The standard InChI is InChI=1S/C16H27NO2/c1-6-14(12(2)3)17-15-8-7-13(4)11-16(15)19-10-9-18-5/h7-8,11-12,14,17H,6,9-10H2,1-5H3. The first-order chi connectivity index (χ1) is 9.08. The summed E-state index contributed by atoms with van der Waals surface area (Å²) in [7, 11) is 1.69.